The Kier molecular flexibility index (Phi) is 5.48. The van der Waals surface area contributed by atoms with Crippen LogP contribution in [-0.4, -0.2) is 53.2 Å². The van der Waals surface area contributed by atoms with Crippen LogP contribution in [0.5, 0.6) is 0 Å². The monoisotopic (exact) mass is 290 g/mol. The number of carboxylic acids is 1. The van der Waals surface area contributed by atoms with Crippen LogP contribution in [0.3, 0.4) is 0 Å². The lowest BCUT2D eigenvalue weighted by Crippen LogP contribution is -2.46. The standard InChI is InChI=1S/C15H18N2O4/c18-14(19)6-7-15(20)21-17-10-8-16(9-11-17)12-13-4-2-1-3-5-13/h1-7H,8-12H2,(H,18,19). The van der Waals surface area contributed by atoms with Crippen molar-refractivity contribution >= 4 is 11.9 Å². The molecule has 0 saturated carbocycles. The average molecular weight is 290 g/mol. The minimum atomic E-state index is -1.17. The topological polar surface area (TPSA) is 70.1 Å². The molecule has 112 valence electrons. The van der Waals surface area contributed by atoms with Crippen molar-refractivity contribution in [2.75, 3.05) is 26.2 Å². The molecule has 1 fully saturated rings. The van der Waals surface area contributed by atoms with E-state index in [-0.39, 0.29) is 0 Å². The number of benzene rings is 1. The second-order valence-electron chi connectivity index (χ2n) is 4.77. The Balaban J connectivity index is 1.73. The fourth-order valence-corrected chi connectivity index (χ4v) is 2.12. The van der Waals surface area contributed by atoms with Crippen LogP contribution in [-0.2, 0) is 21.0 Å². The highest BCUT2D eigenvalue weighted by Gasteiger charge is 2.19. The number of hydrogen-bond acceptors (Lipinski definition) is 5. The predicted molar refractivity (Wildman–Crippen MR) is 76.2 cm³/mol. The SMILES string of the molecule is O=C(O)C=CC(=O)ON1CCN(Cc2ccccc2)CC1. The van der Waals surface area contributed by atoms with Crippen LogP contribution in [0.15, 0.2) is 42.5 Å². The number of carboxylic acid groups (broad SMARTS) is 1. The third-order valence-corrected chi connectivity index (χ3v) is 3.16. The maximum absolute atomic E-state index is 11.4. The first-order valence-corrected chi connectivity index (χ1v) is 6.77. The lowest BCUT2D eigenvalue weighted by molar-refractivity contribution is -0.191. The molecule has 2 rings (SSSR count). The van der Waals surface area contributed by atoms with Crippen LogP contribution in [0.2, 0.25) is 0 Å². The van der Waals surface area contributed by atoms with Crippen molar-refractivity contribution in [1.29, 1.82) is 0 Å². The number of nitrogens with zero attached hydrogens (tertiary/aromatic N) is 2. The Hall–Kier alpha value is -2.18. The van der Waals surface area contributed by atoms with Gasteiger partial charge in [-0.25, -0.2) is 9.59 Å². The third-order valence-electron chi connectivity index (χ3n) is 3.16. The molecule has 0 atom stereocenters. The molecule has 1 aliphatic heterocycles. The zero-order valence-corrected chi connectivity index (χ0v) is 11.6. The van der Waals surface area contributed by atoms with Crippen molar-refractivity contribution in [1.82, 2.24) is 9.96 Å². The van der Waals surface area contributed by atoms with Gasteiger partial charge in [0.05, 0.1) is 0 Å². The Morgan fingerprint density at radius 2 is 1.76 bits per heavy atom. The zero-order chi connectivity index (χ0) is 15.1. The van der Waals surface area contributed by atoms with E-state index < -0.39 is 11.9 Å². The summed E-state index contributed by atoms with van der Waals surface area (Å²) in [5.74, 6) is -1.83. The molecule has 6 nitrogen and oxygen atoms in total. The second-order valence-corrected chi connectivity index (χ2v) is 4.77. The van der Waals surface area contributed by atoms with Crippen molar-refractivity contribution in [2.24, 2.45) is 0 Å². The highest BCUT2D eigenvalue weighted by atomic mass is 16.7. The third kappa shape index (κ3) is 5.37. The molecule has 1 aliphatic rings. The first kappa shape index (κ1) is 15.2. The quantitative estimate of drug-likeness (QED) is 0.813. The molecule has 0 spiro atoms. The molecule has 1 aromatic carbocycles. The van der Waals surface area contributed by atoms with E-state index in [1.54, 1.807) is 5.06 Å². The summed E-state index contributed by atoms with van der Waals surface area (Å²) < 4.78 is 0. The molecule has 0 aliphatic carbocycles. The van der Waals surface area contributed by atoms with Gasteiger partial charge in [0.2, 0.25) is 0 Å². The zero-order valence-electron chi connectivity index (χ0n) is 11.6. The number of carbonyl (C=O) groups is 2. The van der Waals surface area contributed by atoms with Crippen LogP contribution in [0, 0.1) is 0 Å². The minimum absolute atomic E-state index is 0.611. The van der Waals surface area contributed by atoms with Crippen LogP contribution >= 0.6 is 0 Å². The van der Waals surface area contributed by atoms with Gasteiger partial charge in [-0.1, -0.05) is 30.3 Å². The van der Waals surface area contributed by atoms with E-state index in [1.807, 2.05) is 18.2 Å². The van der Waals surface area contributed by atoms with Gasteiger partial charge in [0.15, 0.2) is 0 Å². The maximum atomic E-state index is 11.4. The highest BCUT2D eigenvalue weighted by Crippen LogP contribution is 2.08. The average Bonchev–Trinajstić information content (AvgIpc) is 2.48. The summed E-state index contributed by atoms with van der Waals surface area (Å²) >= 11 is 0. The number of hydroxylamine groups is 2. The summed E-state index contributed by atoms with van der Waals surface area (Å²) in [6.45, 7) is 3.69. The van der Waals surface area contributed by atoms with E-state index in [4.69, 9.17) is 9.94 Å². The second kappa shape index (κ2) is 7.56. The van der Waals surface area contributed by atoms with Gasteiger partial charge in [0.25, 0.3) is 0 Å². The van der Waals surface area contributed by atoms with Crippen molar-refractivity contribution in [3.8, 4) is 0 Å². The lowest BCUT2D eigenvalue weighted by Gasteiger charge is -2.33. The Bertz CT molecular complexity index is 508. The lowest BCUT2D eigenvalue weighted by atomic mass is 10.2. The van der Waals surface area contributed by atoms with Crippen LogP contribution in [0.1, 0.15) is 5.56 Å². The molecule has 0 aromatic heterocycles. The van der Waals surface area contributed by atoms with Gasteiger partial charge in [0.1, 0.15) is 0 Å². The molecule has 6 heteroatoms. The van der Waals surface area contributed by atoms with Crippen molar-refractivity contribution in [2.45, 2.75) is 6.54 Å². The van der Waals surface area contributed by atoms with Gasteiger partial charge >= 0.3 is 11.9 Å². The van der Waals surface area contributed by atoms with E-state index in [2.05, 4.69) is 17.0 Å². The highest BCUT2D eigenvalue weighted by molar-refractivity contribution is 5.90. The summed E-state index contributed by atoms with van der Waals surface area (Å²) in [5, 5.41) is 9.99. The smallest absolute Gasteiger partial charge is 0.349 e. The fourth-order valence-electron chi connectivity index (χ4n) is 2.12. The number of rotatable bonds is 5. The first-order chi connectivity index (χ1) is 10.1. The van der Waals surface area contributed by atoms with Gasteiger partial charge in [0, 0.05) is 44.9 Å². The molecule has 1 N–H and O–H groups in total. The summed E-state index contributed by atoms with van der Waals surface area (Å²) in [7, 11) is 0. The molecule has 0 bridgehead atoms. The first-order valence-electron chi connectivity index (χ1n) is 6.77. The Morgan fingerprint density at radius 3 is 2.38 bits per heavy atom. The summed E-state index contributed by atoms with van der Waals surface area (Å²) in [6, 6.07) is 10.2. The molecule has 0 radical (unpaired) electrons. The van der Waals surface area contributed by atoms with Crippen LogP contribution in [0.25, 0.3) is 0 Å². The molecule has 21 heavy (non-hydrogen) atoms. The summed E-state index contributed by atoms with van der Waals surface area (Å²) in [5.41, 5.74) is 1.26. The van der Waals surface area contributed by atoms with Gasteiger partial charge in [-0.3, -0.25) is 4.90 Å². The van der Waals surface area contributed by atoms with E-state index in [0.717, 1.165) is 31.8 Å². The van der Waals surface area contributed by atoms with Crippen LogP contribution < -0.4 is 0 Å². The van der Waals surface area contributed by atoms with E-state index in [0.29, 0.717) is 13.1 Å². The van der Waals surface area contributed by atoms with Crippen molar-refractivity contribution in [3.05, 3.63) is 48.0 Å². The molecular formula is C15H18N2O4. The summed E-state index contributed by atoms with van der Waals surface area (Å²) in [4.78, 5) is 29.0. The molecular weight excluding hydrogens is 272 g/mol. The fraction of sp³-hybridized carbons (Fsp3) is 0.333. The van der Waals surface area contributed by atoms with Crippen LogP contribution in [0.4, 0.5) is 0 Å². The summed E-state index contributed by atoms with van der Waals surface area (Å²) in [6.07, 6.45) is 1.69. The molecule has 1 heterocycles. The minimum Gasteiger partial charge on any atom is -0.478 e. The Labute approximate surface area is 123 Å². The van der Waals surface area contributed by atoms with Gasteiger partial charge in [-0.05, 0) is 5.56 Å². The number of aliphatic carboxylic acids is 1. The number of hydrogen-bond donors (Lipinski definition) is 1. The molecule has 1 saturated heterocycles. The largest absolute Gasteiger partial charge is 0.478 e. The van der Waals surface area contributed by atoms with E-state index in [9.17, 15) is 9.59 Å². The molecule has 0 amide bonds. The molecule has 1 aromatic rings. The maximum Gasteiger partial charge on any atom is 0.349 e. The Morgan fingerprint density at radius 1 is 1.10 bits per heavy atom. The predicted octanol–water partition coefficient (Wildman–Crippen LogP) is 0.903. The van der Waals surface area contributed by atoms with Gasteiger partial charge < -0.3 is 9.94 Å². The van der Waals surface area contributed by atoms with Crippen molar-refractivity contribution < 1.29 is 19.5 Å². The molecule has 0 unspecified atom stereocenters. The normalized spacial score (nSPS) is 17.0. The van der Waals surface area contributed by atoms with Gasteiger partial charge in [-0.2, -0.15) is 0 Å². The van der Waals surface area contributed by atoms with E-state index in [1.165, 1.54) is 5.56 Å². The van der Waals surface area contributed by atoms with Gasteiger partial charge in [-0.15, -0.1) is 5.06 Å². The van der Waals surface area contributed by atoms with E-state index >= 15 is 0 Å². The van der Waals surface area contributed by atoms with Crippen molar-refractivity contribution in [3.63, 3.8) is 0 Å². The number of piperazine rings is 1. The number of carbonyl (C=O) groups excluding carboxylic acids is 1.